The van der Waals surface area contributed by atoms with Gasteiger partial charge in [-0.2, -0.15) is 0 Å². The zero-order chi connectivity index (χ0) is 13.0. The molecule has 2 rings (SSSR count). The smallest absolute Gasteiger partial charge is 0.223 e. The lowest BCUT2D eigenvalue weighted by Crippen LogP contribution is -2.31. The van der Waals surface area contributed by atoms with Crippen molar-refractivity contribution in [2.75, 3.05) is 13.2 Å². The summed E-state index contributed by atoms with van der Waals surface area (Å²) in [4.78, 5) is 11.8. The van der Waals surface area contributed by atoms with Crippen molar-refractivity contribution < 1.29 is 9.53 Å². The van der Waals surface area contributed by atoms with Crippen molar-refractivity contribution in [2.24, 2.45) is 11.8 Å². The van der Waals surface area contributed by atoms with Gasteiger partial charge in [0.2, 0.25) is 5.91 Å². The van der Waals surface area contributed by atoms with Gasteiger partial charge in [0.1, 0.15) is 0 Å². The van der Waals surface area contributed by atoms with Crippen LogP contribution in [0.4, 0.5) is 0 Å². The topological polar surface area (TPSA) is 38.3 Å². The van der Waals surface area contributed by atoms with Crippen molar-refractivity contribution in [3.63, 3.8) is 0 Å². The maximum Gasteiger partial charge on any atom is 0.223 e. The van der Waals surface area contributed by atoms with Crippen molar-refractivity contribution in [1.29, 1.82) is 0 Å². The summed E-state index contributed by atoms with van der Waals surface area (Å²) >= 11 is 0. The van der Waals surface area contributed by atoms with E-state index in [0.717, 1.165) is 12.0 Å². The molecule has 3 nitrogen and oxygen atoms in total. The van der Waals surface area contributed by atoms with Crippen LogP contribution in [-0.4, -0.2) is 19.1 Å². The molecule has 1 aliphatic carbocycles. The SMILES string of the molecule is CCO[C@H](CNC(=O)[C@@H]1C[C@@H]1C)c1ccccc1. The maximum absolute atomic E-state index is 11.8. The molecule has 1 saturated carbocycles. The molecule has 3 atom stereocenters. The number of amides is 1. The fraction of sp³-hybridized carbons (Fsp3) is 0.533. The van der Waals surface area contributed by atoms with Gasteiger partial charge in [0.15, 0.2) is 0 Å². The summed E-state index contributed by atoms with van der Waals surface area (Å²) in [5.41, 5.74) is 1.11. The number of hydrogen-bond donors (Lipinski definition) is 1. The van der Waals surface area contributed by atoms with E-state index in [2.05, 4.69) is 12.2 Å². The van der Waals surface area contributed by atoms with E-state index in [1.807, 2.05) is 37.3 Å². The van der Waals surface area contributed by atoms with Crippen LogP contribution in [0, 0.1) is 11.8 Å². The van der Waals surface area contributed by atoms with Crippen molar-refractivity contribution in [1.82, 2.24) is 5.32 Å². The first-order chi connectivity index (χ1) is 8.72. The van der Waals surface area contributed by atoms with Gasteiger partial charge in [-0.15, -0.1) is 0 Å². The average molecular weight is 247 g/mol. The predicted molar refractivity (Wildman–Crippen MR) is 71.1 cm³/mol. The Morgan fingerprint density at radius 3 is 2.67 bits per heavy atom. The molecule has 0 unspecified atom stereocenters. The van der Waals surface area contributed by atoms with Gasteiger partial charge in [-0.3, -0.25) is 4.79 Å². The normalized spacial score (nSPS) is 23.4. The van der Waals surface area contributed by atoms with Gasteiger partial charge in [-0.05, 0) is 24.8 Å². The standard InChI is InChI=1S/C15H21NO2/c1-3-18-14(12-7-5-4-6-8-12)10-16-15(17)13-9-11(13)2/h4-8,11,13-14H,3,9-10H2,1-2H3,(H,16,17)/t11-,13+,14+/m0/s1. The first kappa shape index (κ1) is 13.1. The third-order valence-corrected chi connectivity index (χ3v) is 3.45. The Balaban J connectivity index is 1.88. The summed E-state index contributed by atoms with van der Waals surface area (Å²) in [5.74, 6) is 0.943. The summed E-state index contributed by atoms with van der Waals surface area (Å²) in [6.07, 6.45) is 0.977. The molecule has 1 aromatic carbocycles. The van der Waals surface area contributed by atoms with E-state index in [0.29, 0.717) is 19.1 Å². The van der Waals surface area contributed by atoms with Crippen LogP contribution in [0.2, 0.25) is 0 Å². The average Bonchev–Trinajstić information content (AvgIpc) is 3.12. The Kier molecular flexibility index (Phi) is 4.37. The Morgan fingerprint density at radius 1 is 1.44 bits per heavy atom. The molecule has 0 aliphatic heterocycles. The molecule has 1 fully saturated rings. The molecule has 1 aromatic rings. The molecule has 0 saturated heterocycles. The quantitative estimate of drug-likeness (QED) is 0.839. The van der Waals surface area contributed by atoms with Gasteiger partial charge < -0.3 is 10.1 Å². The van der Waals surface area contributed by atoms with Gasteiger partial charge in [-0.25, -0.2) is 0 Å². The van der Waals surface area contributed by atoms with E-state index in [-0.39, 0.29) is 17.9 Å². The van der Waals surface area contributed by atoms with E-state index in [4.69, 9.17) is 4.74 Å². The Labute approximate surface area is 109 Å². The van der Waals surface area contributed by atoms with E-state index in [1.165, 1.54) is 0 Å². The summed E-state index contributed by atoms with van der Waals surface area (Å²) in [5, 5.41) is 2.99. The summed E-state index contributed by atoms with van der Waals surface area (Å²) < 4.78 is 5.69. The number of carbonyl (C=O) groups is 1. The molecule has 0 heterocycles. The molecule has 0 aromatic heterocycles. The predicted octanol–water partition coefficient (Wildman–Crippen LogP) is 2.54. The molecular weight excluding hydrogens is 226 g/mol. The zero-order valence-corrected chi connectivity index (χ0v) is 11.1. The second kappa shape index (κ2) is 6.01. The van der Waals surface area contributed by atoms with Gasteiger partial charge >= 0.3 is 0 Å². The van der Waals surface area contributed by atoms with Crippen LogP contribution in [-0.2, 0) is 9.53 Å². The van der Waals surface area contributed by atoms with Crippen LogP contribution in [0.5, 0.6) is 0 Å². The largest absolute Gasteiger partial charge is 0.372 e. The highest BCUT2D eigenvalue weighted by Crippen LogP contribution is 2.37. The molecule has 18 heavy (non-hydrogen) atoms. The first-order valence-corrected chi connectivity index (χ1v) is 6.66. The lowest BCUT2D eigenvalue weighted by Gasteiger charge is -2.18. The van der Waals surface area contributed by atoms with Gasteiger partial charge in [0.05, 0.1) is 6.10 Å². The second-order valence-corrected chi connectivity index (χ2v) is 4.92. The van der Waals surface area contributed by atoms with Crippen LogP contribution in [0.1, 0.15) is 31.9 Å². The lowest BCUT2D eigenvalue weighted by atomic mass is 10.1. The number of nitrogens with one attached hydrogen (secondary N) is 1. The zero-order valence-electron chi connectivity index (χ0n) is 11.1. The second-order valence-electron chi connectivity index (χ2n) is 4.92. The van der Waals surface area contributed by atoms with Crippen LogP contribution < -0.4 is 5.32 Å². The molecule has 0 radical (unpaired) electrons. The minimum Gasteiger partial charge on any atom is -0.372 e. The highest BCUT2D eigenvalue weighted by molar-refractivity contribution is 5.81. The van der Waals surface area contributed by atoms with Crippen LogP contribution >= 0.6 is 0 Å². The molecule has 0 bridgehead atoms. The Morgan fingerprint density at radius 2 is 2.11 bits per heavy atom. The number of rotatable bonds is 6. The Hall–Kier alpha value is -1.35. The fourth-order valence-corrected chi connectivity index (χ4v) is 2.15. The first-order valence-electron chi connectivity index (χ1n) is 6.66. The number of hydrogen-bond acceptors (Lipinski definition) is 2. The van der Waals surface area contributed by atoms with E-state index < -0.39 is 0 Å². The Bertz CT molecular complexity index is 391. The van der Waals surface area contributed by atoms with Crippen molar-refractivity contribution >= 4 is 5.91 Å². The number of benzene rings is 1. The van der Waals surface area contributed by atoms with Gasteiger partial charge in [-0.1, -0.05) is 37.3 Å². The fourth-order valence-electron chi connectivity index (χ4n) is 2.15. The van der Waals surface area contributed by atoms with Crippen molar-refractivity contribution in [2.45, 2.75) is 26.4 Å². The monoisotopic (exact) mass is 247 g/mol. The number of ether oxygens (including phenoxy) is 1. The van der Waals surface area contributed by atoms with E-state index in [1.54, 1.807) is 0 Å². The van der Waals surface area contributed by atoms with Crippen molar-refractivity contribution in [3.05, 3.63) is 35.9 Å². The third-order valence-electron chi connectivity index (χ3n) is 3.45. The minimum absolute atomic E-state index is 0.0470. The third kappa shape index (κ3) is 3.33. The highest BCUT2D eigenvalue weighted by atomic mass is 16.5. The van der Waals surface area contributed by atoms with Crippen molar-refractivity contribution in [3.8, 4) is 0 Å². The molecule has 1 N–H and O–H groups in total. The van der Waals surface area contributed by atoms with Crippen LogP contribution in [0.15, 0.2) is 30.3 Å². The summed E-state index contributed by atoms with van der Waals surface area (Å²) in [6, 6.07) is 10.0. The summed E-state index contributed by atoms with van der Waals surface area (Å²) in [6.45, 7) is 5.29. The molecule has 98 valence electrons. The van der Waals surface area contributed by atoms with Crippen LogP contribution in [0.3, 0.4) is 0 Å². The number of carbonyl (C=O) groups excluding carboxylic acids is 1. The maximum atomic E-state index is 11.8. The van der Waals surface area contributed by atoms with Gasteiger partial charge in [0, 0.05) is 19.1 Å². The highest BCUT2D eigenvalue weighted by Gasteiger charge is 2.39. The molecule has 0 spiro atoms. The van der Waals surface area contributed by atoms with Crippen LogP contribution in [0.25, 0.3) is 0 Å². The lowest BCUT2D eigenvalue weighted by molar-refractivity contribution is -0.123. The van der Waals surface area contributed by atoms with E-state index >= 15 is 0 Å². The van der Waals surface area contributed by atoms with Gasteiger partial charge in [0.25, 0.3) is 0 Å². The molecule has 1 aliphatic rings. The molecular formula is C15H21NO2. The molecule has 1 amide bonds. The molecule has 3 heteroatoms. The van der Waals surface area contributed by atoms with E-state index in [9.17, 15) is 4.79 Å². The summed E-state index contributed by atoms with van der Waals surface area (Å²) in [7, 11) is 0. The minimum atomic E-state index is -0.0470.